The molecule has 0 radical (unpaired) electrons. The number of benzene rings is 1. The van der Waals surface area contributed by atoms with Crippen LogP contribution in [-0.2, 0) is 6.54 Å². The molecule has 0 amide bonds. The van der Waals surface area contributed by atoms with Gasteiger partial charge in [0.05, 0.1) is 0 Å². The molecule has 1 aliphatic heterocycles. The van der Waals surface area contributed by atoms with Crippen LogP contribution in [0, 0.1) is 11.6 Å². The standard InChI is InChI=1S/C12H16F2N2/c13-11-5-4-10(12(14)8-11)9-15-16-6-2-1-3-7-16/h4-5,8,15H,1-3,6-7,9H2. The number of rotatable bonds is 3. The molecule has 1 aliphatic rings. The zero-order valence-corrected chi connectivity index (χ0v) is 9.18. The minimum absolute atomic E-state index is 0.423. The fraction of sp³-hybridized carbons (Fsp3) is 0.500. The molecule has 0 atom stereocenters. The van der Waals surface area contributed by atoms with Crippen LogP contribution in [0.15, 0.2) is 18.2 Å². The summed E-state index contributed by atoms with van der Waals surface area (Å²) >= 11 is 0. The maximum Gasteiger partial charge on any atom is 0.130 e. The van der Waals surface area contributed by atoms with Crippen LogP contribution >= 0.6 is 0 Å². The van der Waals surface area contributed by atoms with Gasteiger partial charge < -0.3 is 0 Å². The number of hydrogen-bond acceptors (Lipinski definition) is 2. The van der Waals surface area contributed by atoms with E-state index in [1.807, 2.05) is 0 Å². The Kier molecular flexibility index (Phi) is 3.85. The van der Waals surface area contributed by atoms with Crippen LogP contribution in [0.4, 0.5) is 8.78 Å². The quantitative estimate of drug-likeness (QED) is 0.851. The van der Waals surface area contributed by atoms with Gasteiger partial charge in [0.1, 0.15) is 11.6 Å². The zero-order valence-electron chi connectivity index (χ0n) is 9.18. The Morgan fingerprint density at radius 2 is 1.88 bits per heavy atom. The van der Waals surface area contributed by atoms with Crippen molar-refractivity contribution < 1.29 is 8.78 Å². The molecule has 1 heterocycles. The molecule has 0 saturated carbocycles. The number of hydrazine groups is 1. The summed E-state index contributed by atoms with van der Waals surface area (Å²) in [5, 5.41) is 2.10. The molecule has 16 heavy (non-hydrogen) atoms. The van der Waals surface area contributed by atoms with E-state index in [-0.39, 0.29) is 0 Å². The average Bonchev–Trinajstić information content (AvgIpc) is 2.29. The molecule has 0 aliphatic carbocycles. The first kappa shape index (κ1) is 11.5. The van der Waals surface area contributed by atoms with Crippen LogP contribution in [0.1, 0.15) is 24.8 Å². The predicted octanol–water partition coefficient (Wildman–Crippen LogP) is 2.46. The molecule has 1 fully saturated rings. The molecular weight excluding hydrogens is 210 g/mol. The van der Waals surface area contributed by atoms with Gasteiger partial charge >= 0.3 is 0 Å². The molecule has 2 nitrogen and oxygen atoms in total. The van der Waals surface area contributed by atoms with Gasteiger partial charge in [0.2, 0.25) is 0 Å². The van der Waals surface area contributed by atoms with E-state index in [2.05, 4.69) is 10.4 Å². The SMILES string of the molecule is Fc1ccc(CNN2CCCCC2)c(F)c1. The van der Waals surface area contributed by atoms with Crippen LogP contribution in [0.5, 0.6) is 0 Å². The van der Waals surface area contributed by atoms with Crippen LogP contribution in [-0.4, -0.2) is 18.1 Å². The lowest BCUT2D eigenvalue weighted by molar-refractivity contribution is 0.150. The third kappa shape index (κ3) is 3.00. The van der Waals surface area contributed by atoms with Crippen LogP contribution < -0.4 is 5.43 Å². The number of hydrogen-bond donors (Lipinski definition) is 1. The van der Waals surface area contributed by atoms with Gasteiger partial charge in [-0.2, -0.15) is 0 Å². The molecule has 0 unspecified atom stereocenters. The van der Waals surface area contributed by atoms with Crippen molar-refractivity contribution in [2.75, 3.05) is 13.1 Å². The third-order valence-corrected chi connectivity index (χ3v) is 2.86. The second-order valence-corrected chi connectivity index (χ2v) is 4.12. The third-order valence-electron chi connectivity index (χ3n) is 2.86. The Labute approximate surface area is 94.2 Å². The summed E-state index contributed by atoms with van der Waals surface area (Å²) in [6.45, 7) is 2.43. The van der Waals surface area contributed by atoms with Crippen molar-refractivity contribution in [3.8, 4) is 0 Å². The number of nitrogens with zero attached hydrogens (tertiary/aromatic N) is 1. The van der Waals surface area contributed by atoms with Gasteiger partial charge in [-0.15, -0.1) is 0 Å². The minimum atomic E-state index is -0.528. The minimum Gasteiger partial charge on any atom is -0.251 e. The summed E-state index contributed by atoms with van der Waals surface area (Å²) in [4.78, 5) is 0. The number of halogens is 2. The van der Waals surface area contributed by atoms with Crippen molar-refractivity contribution in [3.05, 3.63) is 35.4 Å². The van der Waals surface area contributed by atoms with Gasteiger partial charge in [-0.3, -0.25) is 5.43 Å². The Morgan fingerprint density at radius 1 is 1.12 bits per heavy atom. The highest BCUT2D eigenvalue weighted by molar-refractivity contribution is 5.18. The highest BCUT2D eigenvalue weighted by atomic mass is 19.1. The van der Waals surface area contributed by atoms with Gasteiger partial charge in [-0.05, 0) is 18.9 Å². The smallest absolute Gasteiger partial charge is 0.130 e. The van der Waals surface area contributed by atoms with Gasteiger partial charge in [-0.25, -0.2) is 13.8 Å². The number of nitrogens with one attached hydrogen (secondary N) is 1. The molecule has 1 aromatic rings. The van der Waals surface area contributed by atoms with E-state index in [0.717, 1.165) is 19.2 Å². The molecule has 4 heteroatoms. The van der Waals surface area contributed by atoms with Crippen molar-refractivity contribution in [3.63, 3.8) is 0 Å². The van der Waals surface area contributed by atoms with Crippen molar-refractivity contribution in [1.29, 1.82) is 0 Å². The summed E-state index contributed by atoms with van der Waals surface area (Å²) in [6.07, 6.45) is 3.63. The first-order valence-corrected chi connectivity index (χ1v) is 5.68. The van der Waals surface area contributed by atoms with E-state index in [4.69, 9.17) is 0 Å². The van der Waals surface area contributed by atoms with E-state index in [1.54, 1.807) is 0 Å². The van der Waals surface area contributed by atoms with E-state index in [1.165, 1.54) is 31.4 Å². The Balaban J connectivity index is 1.88. The second kappa shape index (κ2) is 5.37. The molecule has 1 saturated heterocycles. The molecule has 0 spiro atoms. The lowest BCUT2D eigenvalue weighted by Gasteiger charge is -2.27. The fourth-order valence-electron chi connectivity index (χ4n) is 1.91. The van der Waals surface area contributed by atoms with Crippen molar-refractivity contribution in [1.82, 2.24) is 10.4 Å². The summed E-state index contributed by atoms with van der Waals surface area (Å²) in [7, 11) is 0. The summed E-state index contributed by atoms with van der Waals surface area (Å²) in [5.74, 6) is -1.01. The van der Waals surface area contributed by atoms with Gasteiger partial charge in [0, 0.05) is 31.3 Å². The Hall–Kier alpha value is -1.00. The lowest BCUT2D eigenvalue weighted by atomic mass is 10.1. The normalized spacial score (nSPS) is 17.6. The molecule has 0 bridgehead atoms. The zero-order chi connectivity index (χ0) is 11.4. The second-order valence-electron chi connectivity index (χ2n) is 4.12. The Morgan fingerprint density at radius 3 is 2.56 bits per heavy atom. The van der Waals surface area contributed by atoms with E-state index in [9.17, 15) is 8.78 Å². The molecule has 0 aromatic heterocycles. The van der Waals surface area contributed by atoms with Crippen molar-refractivity contribution in [2.45, 2.75) is 25.8 Å². The summed E-state index contributed by atoms with van der Waals surface area (Å²) in [5.41, 5.74) is 3.68. The van der Waals surface area contributed by atoms with Gasteiger partial charge in [0.25, 0.3) is 0 Å². The average molecular weight is 226 g/mol. The molecule has 1 N–H and O–H groups in total. The van der Waals surface area contributed by atoms with Crippen molar-refractivity contribution in [2.24, 2.45) is 0 Å². The molecule has 1 aromatic carbocycles. The maximum atomic E-state index is 13.3. The van der Waals surface area contributed by atoms with Gasteiger partial charge in [-0.1, -0.05) is 12.5 Å². The number of piperidine rings is 1. The Bertz CT molecular complexity index is 349. The summed E-state index contributed by atoms with van der Waals surface area (Å²) in [6, 6.07) is 3.70. The first-order chi connectivity index (χ1) is 7.75. The van der Waals surface area contributed by atoms with Gasteiger partial charge in [0.15, 0.2) is 0 Å². The highest BCUT2D eigenvalue weighted by Gasteiger charge is 2.10. The monoisotopic (exact) mass is 226 g/mol. The largest absolute Gasteiger partial charge is 0.251 e. The van der Waals surface area contributed by atoms with E-state index in [0.29, 0.717) is 12.1 Å². The summed E-state index contributed by atoms with van der Waals surface area (Å²) < 4.78 is 26.0. The fourth-order valence-corrected chi connectivity index (χ4v) is 1.91. The molecule has 2 rings (SSSR count). The maximum absolute atomic E-state index is 13.3. The topological polar surface area (TPSA) is 15.3 Å². The van der Waals surface area contributed by atoms with E-state index < -0.39 is 11.6 Å². The predicted molar refractivity (Wildman–Crippen MR) is 58.6 cm³/mol. The lowest BCUT2D eigenvalue weighted by Crippen LogP contribution is -2.41. The van der Waals surface area contributed by atoms with Crippen molar-refractivity contribution >= 4 is 0 Å². The van der Waals surface area contributed by atoms with E-state index >= 15 is 0 Å². The van der Waals surface area contributed by atoms with Crippen LogP contribution in [0.2, 0.25) is 0 Å². The highest BCUT2D eigenvalue weighted by Crippen LogP contribution is 2.11. The molecule has 88 valence electrons. The molecular formula is C12H16F2N2. The van der Waals surface area contributed by atoms with Crippen LogP contribution in [0.3, 0.4) is 0 Å². The first-order valence-electron chi connectivity index (χ1n) is 5.68. The van der Waals surface area contributed by atoms with Crippen LogP contribution in [0.25, 0.3) is 0 Å².